The number of imide groups is 1. The number of hydrogen-bond acceptors (Lipinski definition) is 8. The molecular weight excluding hydrogens is 576 g/mol. The summed E-state index contributed by atoms with van der Waals surface area (Å²) in [5.41, 5.74) is 2.09. The van der Waals surface area contributed by atoms with Crippen molar-refractivity contribution in [2.24, 2.45) is 0 Å². The van der Waals surface area contributed by atoms with E-state index in [1.54, 1.807) is 36.4 Å². The van der Waals surface area contributed by atoms with Gasteiger partial charge in [0.15, 0.2) is 23.0 Å². The van der Waals surface area contributed by atoms with Gasteiger partial charge >= 0.3 is 0 Å². The molecule has 194 valence electrons. The van der Waals surface area contributed by atoms with Gasteiger partial charge in [-0.1, -0.05) is 30.3 Å². The van der Waals surface area contributed by atoms with Gasteiger partial charge in [0.1, 0.15) is 13.2 Å². The molecule has 0 aliphatic carbocycles. The van der Waals surface area contributed by atoms with Gasteiger partial charge in [-0.3, -0.25) is 19.3 Å². The highest BCUT2D eigenvalue weighted by atomic mass is 79.9. The van der Waals surface area contributed by atoms with Crippen LogP contribution >= 0.6 is 27.7 Å². The number of ether oxygens (including phenoxy) is 4. The molecule has 0 radical (unpaired) electrons. The van der Waals surface area contributed by atoms with Crippen LogP contribution in [0, 0.1) is 0 Å². The Morgan fingerprint density at radius 2 is 1.89 bits per heavy atom. The van der Waals surface area contributed by atoms with Crippen molar-refractivity contribution in [1.82, 2.24) is 4.90 Å². The molecule has 3 aromatic carbocycles. The Bertz CT molecular complexity index is 1440. The summed E-state index contributed by atoms with van der Waals surface area (Å²) in [6.07, 6.45) is 1.58. The van der Waals surface area contributed by atoms with E-state index in [4.69, 9.17) is 18.9 Å². The number of halogens is 1. The molecule has 1 N–H and O–H groups in total. The van der Waals surface area contributed by atoms with Crippen molar-refractivity contribution < 1.29 is 33.3 Å². The zero-order valence-corrected chi connectivity index (χ0v) is 22.5. The highest BCUT2D eigenvalue weighted by Gasteiger charge is 2.36. The molecular formula is C27H21BrN2O7S. The number of benzene rings is 3. The number of methoxy groups -OCH3 is 1. The van der Waals surface area contributed by atoms with Gasteiger partial charge in [-0.25, -0.2) is 0 Å². The van der Waals surface area contributed by atoms with Crippen LogP contribution in [-0.4, -0.2) is 42.4 Å². The Morgan fingerprint density at radius 1 is 1.11 bits per heavy atom. The first-order valence-electron chi connectivity index (χ1n) is 11.4. The van der Waals surface area contributed by atoms with Crippen LogP contribution in [0.15, 0.2) is 70.0 Å². The number of amides is 3. The molecule has 0 spiro atoms. The fourth-order valence-electron chi connectivity index (χ4n) is 3.80. The molecule has 3 amide bonds. The first kappa shape index (κ1) is 25.7. The Hall–Kier alpha value is -3.96. The first-order chi connectivity index (χ1) is 18.4. The number of rotatable bonds is 8. The summed E-state index contributed by atoms with van der Waals surface area (Å²) < 4.78 is 22.6. The van der Waals surface area contributed by atoms with Gasteiger partial charge in [-0.15, -0.1) is 0 Å². The second kappa shape index (κ2) is 11.2. The first-order valence-corrected chi connectivity index (χ1v) is 13.0. The molecule has 0 aromatic heterocycles. The number of carbonyl (C=O) groups excluding carboxylic acids is 3. The molecule has 0 bridgehead atoms. The lowest BCUT2D eigenvalue weighted by molar-refractivity contribution is -0.127. The SMILES string of the molecule is COc1cc(/C=C2/SC(=O)N(CC(=O)Nc3ccc4c(c3)OCO4)C2=O)cc(Br)c1OCc1ccccc1. The lowest BCUT2D eigenvalue weighted by atomic mass is 10.1. The van der Waals surface area contributed by atoms with E-state index < -0.39 is 23.6 Å². The smallest absolute Gasteiger partial charge is 0.294 e. The molecule has 0 atom stereocenters. The molecule has 0 unspecified atom stereocenters. The monoisotopic (exact) mass is 596 g/mol. The molecule has 9 nitrogen and oxygen atoms in total. The molecule has 0 saturated carbocycles. The van der Waals surface area contributed by atoms with E-state index in [1.807, 2.05) is 30.3 Å². The Labute approximate surface area is 230 Å². The number of nitrogens with zero attached hydrogens (tertiary/aromatic N) is 1. The number of hydrogen-bond donors (Lipinski definition) is 1. The average Bonchev–Trinajstić information content (AvgIpc) is 3.48. The largest absolute Gasteiger partial charge is 0.493 e. The van der Waals surface area contributed by atoms with Crippen molar-refractivity contribution in [3.05, 3.63) is 81.2 Å². The van der Waals surface area contributed by atoms with Crippen molar-refractivity contribution in [2.45, 2.75) is 6.61 Å². The third-order valence-electron chi connectivity index (χ3n) is 5.61. The summed E-state index contributed by atoms with van der Waals surface area (Å²) in [6.45, 7) is 0.0415. The molecule has 2 aliphatic heterocycles. The van der Waals surface area contributed by atoms with Crippen LogP contribution in [-0.2, 0) is 16.2 Å². The van der Waals surface area contributed by atoms with Gasteiger partial charge in [-0.2, -0.15) is 0 Å². The van der Waals surface area contributed by atoms with E-state index in [2.05, 4.69) is 21.2 Å². The van der Waals surface area contributed by atoms with Gasteiger partial charge in [0.05, 0.1) is 16.5 Å². The highest BCUT2D eigenvalue weighted by Crippen LogP contribution is 2.39. The number of fused-ring (bicyclic) bond motifs is 1. The zero-order valence-electron chi connectivity index (χ0n) is 20.1. The van der Waals surface area contributed by atoms with Crippen molar-refractivity contribution in [2.75, 3.05) is 25.8 Å². The van der Waals surface area contributed by atoms with Gasteiger partial charge in [-0.05, 0) is 69.2 Å². The molecule has 2 aliphatic rings. The van der Waals surface area contributed by atoms with E-state index in [0.29, 0.717) is 45.3 Å². The van der Waals surface area contributed by atoms with Gasteiger partial charge in [0.25, 0.3) is 11.1 Å². The van der Waals surface area contributed by atoms with E-state index in [0.717, 1.165) is 22.2 Å². The van der Waals surface area contributed by atoms with Gasteiger partial charge < -0.3 is 24.3 Å². The van der Waals surface area contributed by atoms with Crippen LogP contribution in [0.2, 0.25) is 0 Å². The van der Waals surface area contributed by atoms with Crippen molar-refractivity contribution >= 4 is 56.5 Å². The third kappa shape index (κ3) is 5.63. The van der Waals surface area contributed by atoms with Crippen LogP contribution < -0.4 is 24.3 Å². The quantitative estimate of drug-likeness (QED) is 0.343. The lowest BCUT2D eigenvalue weighted by Crippen LogP contribution is -2.36. The Morgan fingerprint density at radius 3 is 2.68 bits per heavy atom. The summed E-state index contributed by atoms with van der Waals surface area (Å²) in [4.78, 5) is 39.2. The summed E-state index contributed by atoms with van der Waals surface area (Å²) >= 11 is 4.28. The van der Waals surface area contributed by atoms with Crippen LogP contribution in [0.4, 0.5) is 10.5 Å². The Kier molecular flexibility index (Phi) is 7.57. The van der Waals surface area contributed by atoms with Crippen LogP contribution in [0.1, 0.15) is 11.1 Å². The molecule has 2 heterocycles. The second-order valence-corrected chi connectivity index (χ2v) is 10.0. The van der Waals surface area contributed by atoms with Crippen LogP contribution in [0.3, 0.4) is 0 Å². The number of anilines is 1. The zero-order chi connectivity index (χ0) is 26.6. The van der Waals surface area contributed by atoms with Gasteiger partial charge in [0, 0.05) is 11.8 Å². The van der Waals surface area contributed by atoms with E-state index in [9.17, 15) is 14.4 Å². The number of carbonyl (C=O) groups is 3. The summed E-state index contributed by atoms with van der Waals surface area (Å²) in [5.74, 6) is 0.996. The lowest BCUT2D eigenvalue weighted by Gasteiger charge is -2.14. The van der Waals surface area contributed by atoms with Crippen molar-refractivity contribution in [3.63, 3.8) is 0 Å². The maximum Gasteiger partial charge on any atom is 0.294 e. The minimum atomic E-state index is -0.555. The van der Waals surface area contributed by atoms with Gasteiger partial charge in [0.2, 0.25) is 12.7 Å². The second-order valence-electron chi connectivity index (χ2n) is 8.19. The molecule has 5 rings (SSSR count). The van der Waals surface area contributed by atoms with Crippen LogP contribution in [0.5, 0.6) is 23.0 Å². The van der Waals surface area contributed by atoms with Crippen molar-refractivity contribution in [3.8, 4) is 23.0 Å². The number of nitrogens with one attached hydrogen (secondary N) is 1. The van der Waals surface area contributed by atoms with Crippen molar-refractivity contribution in [1.29, 1.82) is 0 Å². The predicted octanol–water partition coefficient (Wildman–Crippen LogP) is 5.44. The third-order valence-corrected chi connectivity index (χ3v) is 7.10. The maximum atomic E-state index is 13.0. The molecule has 11 heteroatoms. The summed E-state index contributed by atoms with van der Waals surface area (Å²) in [6, 6.07) is 18.1. The highest BCUT2D eigenvalue weighted by molar-refractivity contribution is 9.10. The summed E-state index contributed by atoms with van der Waals surface area (Å²) in [7, 11) is 1.52. The average molecular weight is 597 g/mol. The topological polar surface area (TPSA) is 103 Å². The molecule has 38 heavy (non-hydrogen) atoms. The standard InChI is InChI=1S/C27H21BrN2O7S/c1-34-22-10-17(9-19(28)25(22)35-14-16-5-3-2-4-6-16)11-23-26(32)30(27(33)38-23)13-24(31)29-18-7-8-20-21(12-18)37-15-36-20/h2-12H,13-15H2,1H3,(H,29,31)/b23-11+. The fraction of sp³-hybridized carbons (Fsp3) is 0.148. The summed E-state index contributed by atoms with van der Waals surface area (Å²) in [5, 5.41) is 2.14. The maximum absolute atomic E-state index is 13.0. The number of thioether (sulfide) groups is 1. The predicted molar refractivity (Wildman–Crippen MR) is 145 cm³/mol. The fourth-order valence-corrected chi connectivity index (χ4v) is 5.21. The van der Waals surface area contributed by atoms with E-state index >= 15 is 0 Å². The minimum Gasteiger partial charge on any atom is -0.493 e. The van der Waals surface area contributed by atoms with E-state index in [-0.39, 0.29) is 11.7 Å². The van der Waals surface area contributed by atoms with Crippen LogP contribution in [0.25, 0.3) is 6.08 Å². The normalized spacial score (nSPS) is 15.2. The van der Waals surface area contributed by atoms with E-state index in [1.165, 1.54) is 7.11 Å². The molecule has 1 saturated heterocycles. The Balaban J connectivity index is 1.27. The molecule has 1 fully saturated rings. The molecule has 3 aromatic rings. The minimum absolute atomic E-state index is 0.113.